The number of benzene rings is 2. The molecule has 0 unspecified atom stereocenters. The van der Waals surface area contributed by atoms with Gasteiger partial charge in [-0.15, -0.1) is 0 Å². The van der Waals surface area contributed by atoms with Crippen LogP contribution in [0.25, 0.3) is 5.76 Å². The summed E-state index contributed by atoms with van der Waals surface area (Å²) >= 11 is 0. The molecular formula is C36H55BN2O10SSi. The van der Waals surface area contributed by atoms with E-state index in [4.69, 9.17) is 28.1 Å². The van der Waals surface area contributed by atoms with Gasteiger partial charge in [-0.05, 0) is 82.5 Å². The van der Waals surface area contributed by atoms with E-state index in [9.17, 15) is 18.0 Å². The van der Waals surface area contributed by atoms with Gasteiger partial charge in [-0.3, -0.25) is 4.79 Å². The molecule has 2 aromatic carbocycles. The fourth-order valence-corrected chi connectivity index (χ4v) is 6.72. The molecule has 0 aromatic heterocycles. The van der Waals surface area contributed by atoms with E-state index >= 15 is 0 Å². The number of amides is 2. The van der Waals surface area contributed by atoms with Crippen LogP contribution in [0.1, 0.15) is 84.2 Å². The average molecular weight is 747 g/mol. The SMILES string of the molecule is CC(C)(C)OC(=O)N1CCC2(C=C(OS(C)(=O)=O)c3ccc(O[Si](C)(C)C(C)(C)C)cc3O2)CC1.CCN(CC)C(=O)c1ccc(B(O)O)cc1. The van der Waals surface area contributed by atoms with E-state index in [-0.39, 0.29) is 22.8 Å². The van der Waals surface area contributed by atoms with Gasteiger partial charge >= 0.3 is 23.3 Å². The van der Waals surface area contributed by atoms with Gasteiger partial charge in [0, 0.05) is 56.7 Å². The number of carbonyl (C=O) groups excluding carboxylic acids is 2. The number of hydrogen-bond acceptors (Lipinski definition) is 10. The molecule has 0 radical (unpaired) electrons. The van der Waals surface area contributed by atoms with Crippen LogP contribution in [-0.4, -0.2) is 99.3 Å². The largest absolute Gasteiger partial charge is 0.543 e. The number of rotatable bonds is 8. The van der Waals surface area contributed by atoms with Gasteiger partial charge < -0.3 is 37.9 Å². The molecule has 282 valence electrons. The van der Waals surface area contributed by atoms with Gasteiger partial charge in [-0.1, -0.05) is 32.9 Å². The summed E-state index contributed by atoms with van der Waals surface area (Å²) in [6.07, 6.45) is 3.32. The Kier molecular flexibility index (Phi) is 13.1. The number of ether oxygens (including phenoxy) is 2. The van der Waals surface area contributed by atoms with Gasteiger partial charge in [0.2, 0.25) is 8.32 Å². The van der Waals surface area contributed by atoms with E-state index in [0.29, 0.717) is 67.1 Å². The molecule has 51 heavy (non-hydrogen) atoms. The molecule has 2 N–H and O–H groups in total. The zero-order chi connectivity index (χ0) is 38.6. The maximum absolute atomic E-state index is 12.5. The zero-order valence-corrected chi connectivity index (χ0v) is 33.7. The Bertz CT molecular complexity index is 1670. The molecule has 0 saturated carbocycles. The van der Waals surface area contributed by atoms with Crippen LogP contribution in [0.3, 0.4) is 0 Å². The van der Waals surface area contributed by atoms with Crippen molar-refractivity contribution in [1.82, 2.24) is 9.80 Å². The van der Waals surface area contributed by atoms with Crippen molar-refractivity contribution in [3.05, 3.63) is 59.7 Å². The molecule has 1 spiro atoms. The topological polar surface area (TPSA) is 152 Å². The number of fused-ring (bicyclic) bond motifs is 1. The predicted molar refractivity (Wildman–Crippen MR) is 202 cm³/mol. The highest BCUT2D eigenvalue weighted by Crippen LogP contribution is 2.45. The summed E-state index contributed by atoms with van der Waals surface area (Å²) in [6, 6.07) is 11.7. The third kappa shape index (κ3) is 11.5. The lowest BCUT2D eigenvalue weighted by atomic mass is 9.80. The second-order valence-electron chi connectivity index (χ2n) is 15.4. The highest BCUT2D eigenvalue weighted by Gasteiger charge is 2.43. The normalized spacial score (nSPS) is 15.7. The average Bonchev–Trinajstić information content (AvgIpc) is 2.99. The standard InChI is InChI=1S/C25H39NO7SSi.C11H16BNO3/c1-23(2,3)31-22(27)26-14-12-25(13-15-26)17-21(32-34(7,28)29)19-11-10-18(16-20(19)30-25)33-35(8,9)24(4,5)6;1-3-13(4-2)11(14)9-5-7-10(8-6-9)12(15)16/h10-11,16-17H,12-15H2,1-9H3;5-8,15-16H,3-4H2,1-2H3. The first kappa shape index (κ1) is 41.9. The van der Waals surface area contributed by atoms with Crippen LogP contribution < -0.4 is 14.6 Å². The molecule has 1 fully saturated rings. The summed E-state index contributed by atoms with van der Waals surface area (Å²) in [4.78, 5) is 27.8. The Morgan fingerprint density at radius 1 is 0.980 bits per heavy atom. The molecule has 4 rings (SSSR count). The lowest BCUT2D eigenvalue weighted by Gasteiger charge is -2.43. The summed E-state index contributed by atoms with van der Waals surface area (Å²) in [6.45, 7) is 22.3. The monoisotopic (exact) mass is 746 g/mol. The first-order valence-corrected chi connectivity index (χ1v) is 22.0. The first-order valence-electron chi connectivity index (χ1n) is 17.3. The molecule has 2 aliphatic rings. The van der Waals surface area contributed by atoms with Crippen molar-refractivity contribution in [3.63, 3.8) is 0 Å². The molecule has 2 heterocycles. The minimum absolute atomic E-state index is 0.0178. The lowest BCUT2D eigenvalue weighted by molar-refractivity contribution is -0.00163. The van der Waals surface area contributed by atoms with Crippen molar-refractivity contribution < 1.29 is 46.1 Å². The molecule has 1 saturated heterocycles. The third-order valence-corrected chi connectivity index (χ3v) is 14.0. The zero-order valence-electron chi connectivity index (χ0n) is 31.9. The van der Waals surface area contributed by atoms with Gasteiger partial charge in [0.1, 0.15) is 22.7 Å². The first-order chi connectivity index (χ1) is 23.4. The van der Waals surface area contributed by atoms with Gasteiger partial charge in [-0.2, -0.15) is 8.42 Å². The van der Waals surface area contributed by atoms with Crippen LogP contribution >= 0.6 is 0 Å². The molecule has 2 aromatic rings. The Hall–Kier alpha value is -3.53. The Labute approximate surface area is 305 Å². The van der Waals surface area contributed by atoms with E-state index < -0.39 is 36.8 Å². The smallest absolute Gasteiger partial charge is 0.488 e. The van der Waals surface area contributed by atoms with Crippen LogP contribution in [0.5, 0.6) is 11.5 Å². The second-order valence-corrected chi connectivity index (χ2v) is 21.7. The third-order valence-electron chi connectivity index (χ3n) is 9.11. The fourth-order valence-electron chi connectivity index (χ4n) is 5.23. The van der Waals surface area contributed by atoms with E-state index in [1.165, 1.54) is 0 Å². The molecule has 2 aliphatic heterocycles. The van der Waals surface area contributed by atoms with Crippen molar-refractivity contribution >= 4 is 48.8 Å². The summed E-state index contributed by atoms with van der Waals surface area (Å²) in [5.41, 5.74) is 0.118. The Balaban J connectivity index is 0.000000367. The quantitative estimate of drug-likeness (QED) is 0.266. The van der Waals surface area contributed by atoms with Gasteiger partial charge in [0.05, 0.1) is 11.8 Å². The molecule has 2 amide bonds. The molecule has 0 bridgehead atoms. The van der Waals surface area contributed by atoms with E-state index in [0.717, 1.165) is 6.26 Å². The van der Waals surface area contributed by atoms with Gasteiger partial charge in [0.15, 0.2) is 5.76 Å². The van der Waals surface area contributed by atoms with E-state index in [2.05, 4.69) is 33.9 Å². The minimum atomic E-state index is -3.76. The fraction of sp³-hybridized carbons (Fsp3) is 0.556. The molecule has 0 aliphatic carbocycles. The lowest BCUT2D eigenvalue weighted by Crippen LogP contribution is -2.50. The highest BCUT2D eigenvalue weighted by molar-refractivity contribution is 7.86. The maximum atomic E-state index is 12.5. The Morgan fingerprint density at radius 2 is 1.55 bits per heavy atom. The predicted octanol–water partition coefficient (Wildman–Crippen LogP) is 5.40. The molecule has 15 heteroatoms. The summed E-state index contributed by atoms with van der Waals surface area (Å²) in [5.74, 6) is 1.38. The number of likely N-dealkylation sites (tertiary alicyclic amines) is 1. The number of nitrogens with zero attached hydrogens (tertiary/aromatic N) is 2. The van der Waals surface area contributed by atoms with Gasteiger partial charge in [-0.25, -0.2) is 4.79 Å². The Morgan fingerprint density at radius 3 is 2.02 bits per heavy atom. The maximum Gasteiger partial charge on any atom is 0.488 e. The van der Waals surface area contributed by atoms with Crippen molar-refractivity contribution in [2.24, 2.45) is 0 Å². The van der Waals surface area contributed by atoms with Crippen molar-refractivity contribution in [3.8, 4) is 11.5 Å². The molecular weight excluding hydrogens is 691 g/mol. The minimum Gasteiger partial charge on any atom is -0.543 e. The van der Waals surface area contributed by atoms with Crippen LogP contribution in [0.4, 0.5) is 4.79 Å². The second kappa shape index (κ2) is 16.0. The van der Waals surface area contributed by atoms with Gasteiger partial charge in [0.25, 0.3) is 5.91 Å². The van der Waals surface area contributed by atoms with Crippen LogP contribution in [0.2, 0.25) is 18.1 Å². The number of hydrogen-bond donors (Lipinski definition) is 2. The van der Waals surface area contributed by atoms with Crippen molar-refractivity contribution in [2.45, 2.75) is 97.6 Å². The van der Waals surface area contributed by atoms with E-state index in [1.54, 1.807) is 46.2 Å². The van der Waals surface area contributed by atoms with Crippen molar-refractivity contribution in [2.75, 3.05) is 32.4 Å². The highest BCUT2D eigenvalue weighted by atomic mass is 32.2. The van der Waals surface area contributed by atoms with E-state index in [1.807, 2.05) is 46.8 Å². The summed E-state index contributed by atoms with van der Waals surface area (Å²) in [7, 11) is -7.34. The number of piperidine rings is 1. The number of carbonyl (C=O) groups is 2. The summed E-state index contributed by atoms with van der Waals surface area (Å²) in [5, 5.41) is 17.8. The molecule has 0 atom stereocenters. The van der Waals surface area contributed by atoms with Crippen LogP contribution in [0, 0.1) is 0 Å². The molecule has 12 nitrogen and oxygen atoms in total. The van der Waals surface area contributed by atoms with Crippen molar-refractivity contribution in [1.29, 1.82) is 0 Å². The van der Waals surface area contributed by atoms with Crippen LogP contribution in [-0.2, 0) is 19.0 Å². The van der Waals surface area contributed by atoms with Crippen LogP contribution in [0.15, 0.2) is 48.5 Å². The summed E-state index contributed by atoms with van der Waals surface area (Å²) < 4.78 is 47.9.